The van der Waals surface area contributed by atoms with Crippen molar-refractivity contribution in [2.24, 2.45) is 0 Å². The summed E-state index contributed by atoms with van der Waals surface area (Å²) in [5.41, 5.74) is 0.856. The molecule has 0 radical (unpaired) electrons. The zero-order valence-electron chi connectivity index (χ0n) is 17.3. The minimum atomic E-state index is -1.05. The van der Waals surface area contributed by atoms with Gasteiger partial charge in [-0.1, -0.05) is 23.7 Å². The highest BCUT2D eigenvalue weighted by atomic mass is 35.5. The third-order valence-electron chi connectivity index (χ3n) is 4.90. The van der Waals surface area contributed by atoms with Gasteiger partial charge < -0.3 is 10.6 Å². The Labute approximate surface area is 191 Å². The molecule has 11 heteroatoms. The van der Waals surface area contributed by atoms with Gasteiger partial charge in [-0.25, -0.2) is 23.4 Å². The van der Waals surface area contributed by atoms with Crippen LogP contribution in [0.25, 0.3) is 10.9 Å². The summed E-state index contributed by atoms with van der Waals surface area (Å²) in [6.45, 7) is -0.0519. The van der Waals surface area contributed by atoms with Gasteiger partial charge in [0.2, 0.25) is 0 Å². The minimum absolute atomic E-state index is 0.0937. The lowest BCUT2D eigenvalue weighted by Crippen LogP contribution is -2.34. The van der Waals surface area contributed by atoms with Crippen LogP contribution in [0.15, 0.2) is 53.6 Å². The summed E-state index contributed by atoms with van der Waals surface area (Å²) >= 11 is 6.00. The summed E-state index contributed by atoms with van der Waals surface area (Å²) in [7, 11) is 1.74. The molecule has 0 bridgehead atoms. The van der Waals surface area contributed by atoms with Crippen LogP contribution in [0.3, 0.4) is 0 Å². The van der Waals surface area contributed by atoms with Crippen LogP contribution in [0.5, 0.6) is 0 Å². The van der Waals surface area contributed by atoms with E-state index in [-0.39, 0.29) is 29.4 Å². The molecule has 0 spiro atoms. The van der Waals surface area contributed by atoms with Crippen molar-refractivity contribution in [1.29, 1.82) is 0 Å². The van der Waals surface area contributed by atoms with Gasteiger partial charge in [0.25, 0.3) is 11.5 Å². The molecule has 0 saturated heterocycles. The molecule has 8 nitrogen and oxygen atoms in total. The molecule has 2 N–H and O–H groups in total. The van der Waals surface area contributed by atoms with Gasteiger partial charge in [-0.05, 0) is 41.5 Å². The number of carbonyl (C=O) groups excluding carboxylic acids is 1. The molecule has 0 fully saturated rings. The Morgan fingerprint density at radius 2 is 1.85 bits per heavy atom. The lowest BCUT2D eigenvalue weighted by atomic mass is 10.1. The topological polar surface area (TPSA) is 102 Å². The van der Waals surface area contributed by atoms with E-state index in [1.54, 1.807) is 19.2 Å². The van der Waals surface area contributed by atoms with Crippen molar-refractivity contribution in [1.82, 2.24) is 25.1 Å². The third-order valence-corrected chi connectivity index (χ3v) is 5.08. The van der Waals surface area contributed by atoms with E-state index in [1.165, 1.54) is 12.4 Å². The van der Waals surface area contributed by atoms with Crippen molar-refractivity contribution < 1.29 is 13.6 Å². The summed E-state index contributed by atoms with van der Waals surface area (Å²) in [5.74, 6) is -2.06. The molecule has 0 aliphatic heterocycles. The number of nitrogens with zero attached hydrogens (tertiary/aromatic N) is 4. The summed E-state index contributed by atoms with van der Waals surface area (Å²) in [6, 6.07) is 9.81. The first-order chi connectivity index (χ1) is 15.9. The highest BCUT2D eigenvalue weighted by Gasteiger charge is 2.16. The maximum absolute atomic E-state index is 13.5. The molecule has 33 heavy (non-hydrogen) atoms. The van der Waals surface area contributed by atoms with Crippen LogP contribution < -0.4 is 16.2 Å². The molecule has 0 saturated carbocycles. The van der Waals surface area contributed by atoms with Crippen molar-refractivity contribution in [3.05, 3.63) is 92.6 Å². The average molecular weight is 471 g/mol. The van der Waals surface area contributed by atoms with Gasteiger partial charge >= 0.3 is 0 Å². The fourth-order valence-electron chi connectivity index (χ4n) is 3.28. The molecule has 0 aliphatic rings. The Morgan fingerprint density at radius 3 is 2.61 bits per heavy atom. The molecular weight excluding hydrogens is 454 g/mol. The second-order valence-electron chi connectivity index (χ2n) is 7.10. The van der Waals surface area contributed by atoms with Gasteiger partial charge in [-0.3, -0.25) is 9.59 Å². The number of rotatable bonds is 6. The van der Waals surface area contributed by atoms with Gasteiger partial charge in [-0.2, -0.15) is 5.10 Å². The Kier molecular flexibility index (Phi) is 6.27. The van der Waals surface area contributed by atoms with Gasteiger partial charge in [-0.15, -0.1) is 0 Å². The van der Waals surface area contributed by atoms with Crippen molar-refractivity contribution in [3.8, 4) is 0 Å². The van der Waals surface area contributed by atoms with E-state index in [2.05, 4.69) is 25.7 Å². The standard InChI is InChI=1S/C22H17ClF2N6O2/c1-26-20-14-6-12(3-5-18(14)28-11-29-20)9-27-21(32)15-8-19(23)30-31(22(15)33)10-13-2-4-16(24)17(25)7-13/h2-8,11H,9-10H2,1H3,(H,27,32)(H,26,28,29). The molecule has 1 amide bonds. The second kappa shape index (κ2) is 9.29. The van der Waals surface area contributed by atoms with Gasteiger partial charge in [0.05, 0.1) is 12.1 Å². The smallest absolute Gasteiger partial charge is 0.280 e. The Morgan fingerprint density at radius 1 is 1.06 bits per heavy atom. The van der Waals surface area contributed by atoms with Crippen LogP contribution >= 0.6 is 11.6 Å². The summed E-state index contributed by atoms with van der Waals surface area (Å²) in [5, 5.41) is 10.2. The predicted molar refractivity (Wildman–Crippen MR) is 119 cm³/mol. The van der Waals surface area contributed by atoms with E-state index in [4.69, 9.17) is 11.6 Å². The van der Waals surface area contributed by atoms with Gasteiger partial charge in [0, 0.05) is 19.0 Å². The number of amides is 1. The van der Waals surface area contributed by atoms with Crippen molar-refractivity contribution in [3.63, 3.8) is 0 Å². The van der Waals surface area contributed by atoms with Crippen molar-refractivity contribution in [2.45, 2.75) is 13.1 Å². The number of carbonyl (C=O) groups is 1. The maximum atomic E-state index is 13.5. The number of hydrogen-bond donors (Lipinski definition) is 2. The molecule has 168 valence electrons. The highest BCUT2D eigenvalue weighted by Crippen LogP contribution is 2.20. The van der Waals surface area contributed by atoms with Crippen molar-refractivity contribution >= 4 is 34.2 Å². The second-order valence-corrected chi connectivity index (χ2v) is 7.49. The maximum Gasteiger partial charge on any atom is 0.280 e. The SMILES string of the molecule is CNc1ncnc2ccc(CNC(=O)c3cc(Cl)nn(Cc4ccc(F)c(F)c4)c3=O)cc12. The fraction of sp³-hybridized carbons (Fsp3) is 0.136. The Balaban J connectivity index is 1.55. The molecule has 2 heterocycles. The van der Waals surface area contributed by atoms with Crippen LogP contribution in [-0.4, -0.2) is 32.7 Å². The largest absolute Gasteiger partial charge is 0.373 e. The number of aromatic nitrogens is 4. The van der Waals surface area contributed by atoms with Crippen LogP contribution in [0.2, 0.25) is 5.15 Å². The Hall–Kier alpha value is -3.92. The van der Waals surface area contributed by atoms with Crippen molar-refractivity contribution in [2.75, 3.05) is 12.4 Å². The molecular formula is C22H17ClF2N6O2. The third kappa shape index (κ3) is 4.80. The zero-order valence-corrected chi connectivity index (χ0v) is 18.0. The molecule has 4 aromatic rings. The molecule has 0 unspecified atom stereocenters. The first kappa shape index (κ1) is 22.3. The fourth-order valence-corrected chi connectivity index (χ4v) is 3.48. The van der Waals surface area contributed by atoms with Gasteiger partial charge in [0.15, 0.2) is 16.8 Å². The van der Waals surface area contributed by atoms with E-state index < -0.39 is 23.1 Å². The molecule has 4 rings (SSSR count). The average Bonchev–Trinajstić information content (AvgIpc) is 2.81. The number of benzene rings is 2. The molecule has 0 atom stereocenters. The summed E-state index contributed by atoms with van der Waals surface area (Å²) in [4.78, 5) is 33.9. The number of nitrogens with one attached hydrogen (secondary N) is 2. The first-order valence-corrected chi connectivity index (χ1v) is 10.1. The van der Waals surface area contributed by atoms with E-state index in [0.29, 0.717) is 5.82 Å². The highest BCUT2D eigenvalue weighted by molar-refractivity contribution is 6.29. The lowest BCUT2D eigenvalue weighted by Gasteiger charge is -2.10. The van der Waals surface area contributed by atoms with Crippen LogP contribution in [0.1, 0.15) is 21.5 Å². The molecule has 2 aromatic heterocycles. The zero-order chi connectivity index (χ0) is 23.5. The monoisotopic (exact) mass is 470 g/mol. The van der Waals surface area contributed by atoms with Crippen LogP contribution in [0, 0.1) is 11.6 Å². The molecule has 2 aromatic carbocycles. The normalized spacial score (nSPS) is 10.9. The predicted octanol–water partition coefficient (Wildman–Crippen LogP) is 3.14. The van der Waals surface area contributed by atoms with Gasteiger partial charge in [0.1, 0.15) is 17.7 Å². The van der Waals surface area contributed by atoms with Crippen LogP contribution in [-0.2, 0) is 13.1 Å². The first-order valence-electron chi connectivity index (χ1n) is 9.77. The molecule has 0 aliphatic carbocycles. The Bertz CT molecular complexity index is 1430. The minimum Gasteiger partial charge on any atom is -0.373 e. The van der Waals surface area contributed by atoms with E-state index in [9.17, 15) is 18.4 Å². The van der Waals surface area contributed by atoms with E-state index in [1.807, 2.05) is 6.07 Å². The van der Waals surface area contributed by atoms with E-state index >= 15 is 0 Å². The number of fused-ring (bicyclic) bond motifs is 1. The quantitative estimate of drug-likeness (QED) is 0.449. The summed E-state index contributed by atoms with van der Waals surface area (Å²) < 4.78 is 27.6. The number of anilines is 1. The van der Waals surface area contributed by atoms with E-state index in [0.717, 1.165) is 39.3 Å². The number of halogens is 3. The lowest BCUT2D eigenvalue weighted by molar-refractivity contribution is 0.0948. The van der Waals surface area contributed by atoms with Crippen LogP contribution in [0.4, 0.5) is 14.6 Å². The summed E-state index contributed by atoms with van der Waals surface area (Å²) in [6.07, 6.45) is 1.45. The number of hydrogen-bond acceptors (Lipinski definition) is 6.